The number of ether oxygens (including phenoxy) is 2. The summed E-state index contributed by atoms with van der Waals surface area (Å²) in [7, 11) is 1.51. The fourth-order valence-electron chi connectivity index (χ4n) is 2.92. The maximum Gasteiger partial charge on any atom is 0.269 e. The first-order valence-corrected chi connectivity index (χ1v) is 12.0. The number of hydrogen-bond acceptors (Lipinski definition) is 9. The SMILES string of the molecule is COc1cc(/C=N\NC(=O)CSc2nc(C)cc(C)n2)cc(Br)c1OCc1ccc([N+](=O)[O-])cc1. The molecule has 0 radical (unpaired) electrons. The van der Waals surface area contributed by atoms with Crippen molar-refractivity contribution in [2.24, 2.45) is 5.10 Å². The second kappa shape index (κ2) is 12.3. The first kappa shape index (κ1) is 26.1. The van der Waals surface area contributed by atoms with Crippen molar-refractivity contribution in [3.05, 3.63) is 79.6 Å². The average molecular weight is 560 g/mol. The molecule has 0 saturated carbocycles. The maximum atomic E-state index is 12.1. The number of benzene rings is 2. The number of nitrogens with zero attached hydrogens (tertiary/aromatic N) is 4. The molecule has 1 aromatic heterocycles. The lowest BCUT2D eigenvalue weighted by Gasteiger charge is -2.13. The van der Waals surface area contributed by atoms with Gasteiger partial charge in [-0.1, -0.05) is 11.8 Å². The molecule has 0 aliphatic carbocycles. The van der Waals surface area contributed by atoms with Gasteiger partial charge in [0.05, 0.1) is 28.5 Å². The van der Waals surface area contributed by atoms with Gasteiger partial charge in [0.1, 0.15) is 6.61 Å². The number of carbonyl (C=O) groups is 1. The molecule has 0 aliphatic rings. The molecule has 3 aromatic rings. The highest BCUT2D eigenvalue weighted by Gasteiger charge is 2.13. The lowest BCUT2D eigenvalue weighted by atomic mass is 10.2. The van der Waals surface area contributed by atoms with E-state index in [4.69, 9.17) is 9.47 Å². The summed E-state index contributed by atoms with van der Waals surface area (Å²) in [6.07, 6.45) is 1.49. The molecule has 1 amide bonds. The number of non-ortho nitro benzene ring substituents is 1. The Kier molecular flexibility index (Phi) is 9.15. The monoisotopic (exact) mass is 559 g/mol. The Hall–Kier alpha value is -3.51. The molecule has 0 atom stereocenters. The van der Waals surface area contributed by atoms with Crippen LogP contribution in [0.2, 0.25) is 0 Å². The number of hydrazone groups is 1. The average Bonchev–Trinajstić information content (AvgIpc) is 2.81. The van der Waals surface area contributed by atoms with Gasteiger partial charge in [-0.05, 0) is 71.2 Å². The van der Waals surface area contributed by atoms with Gasteiger partial charge >= 0.3 is 0 Å². The number of methoxy groups -OCH3 is 1. The van der Waals surface area contributed by atoms with E-state index in [2.05, 4.69) is 36.4 Å². The van der Waals surface area contributed by atoms with Crippen LogP contribution in [0.3, 0.4) is 0 Å². The third-order valence-corrected chi connectivity index (χ3v) is 5.92. The van der Waals surface area contributed by atoms with Crippen LogP contribution in [0.1, 0.15) is 22.5 Å². The third kappa shape index (κ3) is 7.76. The molecule has 12 heteroatoms. The maximum absolute atomic E-state index is 12.1. The number of rotatable bonds is 10. The Morgan fingerprint density at radius 1 is 1.20 bits per heavy atom. The molecule has 0 bridgehead atoms. The summed E-state index contributed by atoms with van der Waals surface area (Å²) in [6.45, 7) is 3.95. The van der Waals surface area contributed by atoms with Gasteiger partial charge in [-0.25, -0.2) is 15.4 Å². The highest BCUT2D eigenvalue weighted by molar-refractivity contribution is 9.10. The fraction of sp³-hybridized carbons (Fsp3) is 0.217. The first-order chi connectivity index (χ1) is 16.7. The topological polar surface area (TPSA) is 129 Å². The van der Waals surface area contributed by atoms with Crippen LogP contribution < -0.4 is 14.9 Å². The van der Waals surface area contributed by atoms with Gasteiger partial charge in [0.15, 0.2) is 16.7 Å². The van der Waals surface area contributed by atoms with Gasteiger partial charge in [-0.2, -0.15) is 5.10 Å². The zero-order chi connectivity index (χ0) is 25.4. The van der Waals surface area contributed by atoms with Gasteiger partial charge in [0.25, 0.3) is 11.6 Å². The standard InChI is InChI=1S/C23H22BrN5O5S/c1-14-8-15(2)27-23(26-14)35-13-21(30)28-25-11-17-9-19(24)22(20(10-17)33-3)34-12-16-4-6-18(7-5-16)29(31)32/h4-11H,12-13H2,1-3H3,(H,28,30)/b25-11-. The summed E-state index contributed by atoms with van der Waals surface area (Å²) in [4.78, 5) is 31.0. The summed E-state index contributed by atoms with van der Waals surface area (Å²) in [6, 6.07) is 11.5. The molecule has 1 heterocycles. The highest BCUT2D eigenvalue weighted by Crippen LogP contribution is 2.37. The summed E-state index contributed by atoms with van der Waals surface area (Å²) in [5.41, 5.74) is 5.62. The predicted molar refractivity (Wildman–Crippen MR) is 136 cm³/mol. The number of nitrogens with one attached hydrogen (secondary N) is 1. The molecule has 3 rings (SSSR count). The van der Waals surface area contributed by atoms with Crippen LogP contribution in [-0.2, 0) is 11.4 Å². The highest BCUT2D eigenvalue weighted by atomic mass is 79.9. The summed E-state index contributed by atoms with van der Waals surface area (Å²) < 4.78 is 11.9. The molecular formula is C23H22BrN5O5S. The minimum absolute atomic E-state index is 0.0143. The van der Waals surface area contributed by atoms with Crippen LogP contribution in [0.25, 0.3) is 0 Å². The molecular weight excluding hydrogens is 538 g/mol. The quantitative estimate of drug-likeness (QED) is 0.125. The Morgan fingerprint density at radius 3 is 2.51 bits per heavy atom. The van der Waals surface area contributed by atoms with Crippen molar-refractivity contribution in [1.29, 1.82) is 0 Å². The van der Waals surface area contributed by atoms with Gasteiger partial charge < -0.3 is 9.47 Å². The minimum atomic E-state index is -0.453. The van der Waals surface area contributed by atoms with Gasteiger partial charge in [-0.3, -0.25) is 14.9 Å². The van der Waals surface area contributed by atoms with Crippen molar-refractivity contribution >= 4 is 45.5 Å². The van der Waals surface area contributed by atoms with Crippen molar-refractivity contribution in [2.75, 3.05) is 12.9 Å². The summed E-state index contributed by atoms with van der Waals surface area (Å²) in [5, 5.41) is 15.3. The Bertz CT molecular complexity index is 1230. The molecule has 0 unspecified atom stereocenters. The van der Waals surface area contributed by atoms with Crippen LogP contribution in [0.15, 0.2) is 57.2 Å². The van der Waals surface area contributed by atoms with Crippen molar-refractivity contribution in [3.63, 3.8) is 0 Å². The molecule has 10 nitrogen and oxygen atoms in total. The van der Waals surface area contributed by atoms with Crippen LogP contribution in [-0.4, -0.2) is 39.9 Å². The molecule has 2 aromatic carbocycles. The van der Waals surface area contributed by atoms with E-state index in [0.29, 0.717) is 26.7 Å². The molecule has 182 valence electrons. The van der Waals surface area contributed by atoms with E-state index in [0.717, 1.165) is 17.0 Å². The number of aryl methyl sites for hydroxylation is 2. The van der Waals surface area contributed by atoms with Crippen LogP contribution in [0.5, 0.6) is 11.5 Å². The molecule has 0 aliphatic heterocycles. The molecule has 0 saturated heterocycles. The molecule has 0 spiro atoms. The second-order valence-electron chi connectivity index (χ2n) is 7.26. The van der Waals surface area contributed by atoms with Gasteiger partial charge in [0, 0.05) is 23.5 Å². The van der Waals surface area contributed by atoms with Gasteiger partial charge in [0.2, 0.25) is 0 Å². The summed E-state index contributed by atoms with van der Waals surface area (Å²) >= 11 is 4.70. The van der Waals surface area contributed by atoms with E-state index in [1.165, 1.54) is 37.2 Å². The Morgan fingerprint density at radius 2 is 1.89 bits per heavy atom. The van der Waals surface area contributed by atoms with E-state index in [1.807, 2.05) is 19.9 Å². The second-order valence-corrected chi connectivity index (χ2v) is 9.06. The Labute approximate surface area is 214 Å². The van der Waals surface area contributed by atoms with E-state index in [9.17, 15) is 14.9 Å². The third-order valence-electron chi connectivity index (χ3n) is 4.48. The van der Waals surface area contributed by atoms with E-state index in [-0.39, 0.29) is 24.0 Å². The zero-order valence-electron chi connectivity index (χ0n) is 19.1. The lowest BCUT2D eigenvalue weighted by molar-refractivity contribution is -0.384. The van der Waals surface area contributed by atoms with Crippen LogP contribution >= 0.6 is 27.7 Å². The Balaban J connectivity index is 1.58. The number of halogens is 1. The van der Waals surface area contributed by atoms with E-state index < -0.39 is 4.92 Å². The number of nitro groups is 1. The number of hydrogen-bond donors (Lipinski definition) is 1. The van der Waals surface area contributed by atoms with E-state index in [1.54, 1.807) is 24.3 Å². The van der Waals surface area contributed by atoms with Crippen LogP contribution in [0.4, 0.5) is 5.69 Å². The number of amides is 1. The van der Waals surface area contributed by atoms with Crippen LogP contribution in [0, 0.1) is 24.0 Å². The van der Waals surface area contributed by atoms with E-state index >= 15 is 0 Å². The first-order valence-electron chi connectivity index (χ1n) is 10.3. The predicted octanol–water partition coefficient (Wildman–Crippen LogP) is 4.59. The number of nitro benzene ring substituents is 1. The van der Waals surface area contributed by atoms with Crippen molar-refractivity contribution in [1.82, 2.24) is 15.4 Å². The lowest BCUT2D eigenvalue weighted by Crippen LogP contribution is -2.19. The van der Waals surface area contributed by atoms with Crippen molar-refractivity contribution in [2.45, 2.75) is 25.6 Å². The molecule has 1 N–H and O–H groups in total. The van der Waals surface area contributed by atoms with Crippen molar-refractivity contribution < 1.29 is 19.2 Å². The number of carbonyl (C=O) groups excluding carboxylic acids is 1. The minimum Gasteiger partial charge on any atom is -0.493 e. The largest absolute Gasteiger partial charge is 0.493 e. The fourth-order valence-corrected chi connectivity index (χ4v) is 4.24. The smallest absolute Gasteiger partial charge is 0.269 e. The number of thioether (sulfide) groups is 1. The number of aromatic nitrogens is 2. The summed E-state index contributed by atoms with van der Waals surface area (Å²) in [5.74, 6) is 0.763. The zero-order valence-corrected chi connectivity index (χ0v) is 21.6. The molecule has 35 heavy (non-hydrogen) atoms. The van der Waals surface area contributed by atoms with Crippen molar-refractivity contribution in [3.8, 4) is 11.5 Å². The van der Waals surface area contributed by atoms with Gasteiger partial charge in [-0.15, -0.1) is 0 Å². The normalized spacial score (nSPS) is 10.9. The molecule has 0 fully saturated rings.